The van der Waals surface area contributed by atoms with E-state index in [0.29, 0.717) is 6.54 Å². The molecule has 0 saturated heterocycles. The summed E-state index contributed by atoms with van der Waals surface area (Å²) in [5, 5.41) is 7.54. The minimum absolute atomic E-state index is 0.145. The molecular weight excluding hydrogens is 384 g/mol. The van der Waals surface area contributed by atoms with Gasteiger partial charge in [0.1, 0.15) is 5.65 Å². The highest BCUT2D eigenvalue weighted by molar-refractivity contribution is 5.96. The first-order chi connectivity index (χ1) is 14.5. The maximum atomic E-state index is 12.4. The normalized spacial score (nSPS) is 11.0. The quantitative estimate of drug-likeness (QED) is 0.420. The van der Waals surface area contributed by atoms with Crippen molar-refractivity contribution in [2.24, 2.45) is 0 Å². The van der Waals surface area contributed by atoms with E-state index in [9.17, 15) is 14.4 Å². The van der Waals surface area contributed by atoms with Crippen LogP contribution in [-0.4, -0.2) is 37.2 Å². The van der Waals surface area contributed by atoms with Gasteiger partial charge in [-0.05, 0) is 43.5 Å². The van der Waals surface area contributed by atoms with E-state index in [1.54, 1.807) is 0 Å². The van der Waals surface area contributed by atoms with Crippen LogP contribution >= 0.6 is 0 Å². The monoisotopic (exact) mass is 404 g/mol. The van der Waals surface area contributed by atoms with Crippen LogP contribution in [0.1, 0.15) is 28.0 Å². The summed E-state index contributed by atoms with van der Waals surface area (Å²) in [6, 6.07) is 11.3. The summed E-state index contributed by atoms with van der Waals surface area (Å²) in [7, 11) is 0. The Labute approximate surface area is 170 Å². The van der Waals surface area contributed by atoms with Gasteiger partial charge in [0.15, 0.2) is 0 Å². The first-order valence-electron chi connectivity index (χ1n) is 9.52. The number of nitrogens with one attached hydrogen (secondary N) is 3. The number of nitrogens with zero attached hydrogens (tertiary/aromatic N) is 3. The Hall–Kier alpha value is -4.01. The van der Waals surface area contributed by atoms with Gasteiger partial charge < -0.3 is 5.32 Å². The standard InChI is InChI=1S/C21H20N6O3/c1-13-14(12-27(26-13)16-7-3-2-4-8-16)6-5-9-22-19(28)15-10-17-18(23-11-15)24-21(30)25-20(17)29/h2-4,7-8,10-12H,5-6,9H2,1H3,(H,22,28)(H2,23,24,25,29,30). The van der Waals surface area contributed by atoms with Gasteiger partial charge in [0, 0.05) is 18.9 Å². The minimum Gasteiger partial charge on any atom is -0.352 e. The predicted molar refractivity (Wildman–Crippen MR) is 112 cm³/mol. The Kier molecular flexibility index (Phi) is 5.25. The van der Waals surface area contributed by atoms with Crippen molar-refractivity contribution in [2.75, 3.05) is 6.54 Å². The molecule has 0 bridgehead atoms. The van der Waals surface area contributed by atoms with Crippen molar-refractivity contribution in [2.45, 2.75) is 19.8 Å². The number of amides is 1. The lowest BCUT2D eigenvalue weighted by Crippen LogP contribution is -2.26. The minimum atomic E-state index is -0.636. The fraction of sp³-hybridized carbons (Fsp3) is 0.190. The van der Waals surface area contributed by atoms with Gasteiger partial charge in [-0.2, -0.15) is 5.10 Å². The van der Waals surface area contributed by atoms with Crippen molar-refractivity contribution in [1.29, 1.82) is 0 Å². The lowest BCUT2D eigenvalue weighted by molar-refractivity contribution is 0.0953. The largest absolute Gasteiger partial charge is 0.352 e. The molecule has 0 aliphatic rings. The van der Waals surface area contributed by atoms with Gasteiger partial charge in [0.25, 0.3) is 11.5 Å². The molecule has 1 amide bonds. The Morgan fingerprint density at radius 1 is 1.17 bits per heavy atom. The first kappa shape index (κ1) is 19.3. The third-order valence-electron chi connectivity index (χ3n) is 4.78. The van der Waals surface area contributed by atoms with E-state index in [1.807, 2.05) is 48.1 Å². The number of pyridine rings is 1. The molecule has 4 aromatic rings. The predicted octanol–water partition coefficient (Wildman–Crippen LogP) is 1.47. The third kappa shape index (κ3) is 4.04. The Balaban J connectivity index is 1.36. The summed E-state index contributed by atoms with van der Waals surface area (Å²) in [6.45, 7) is 2.44. The summed E-state index contributed by atoms with van der Waals surface area (Å²) in [5.41, 5.74) is 2.26. The fourth-order valence-electron chi connectivity index (χ4n) is 3.21. The smallest absolute Gasteiger partial charge is 0.327 e. The number of rotatable bonds is 6. The molecule has 3 N–H and O–H groups in total. The van der Waals surface area contributed by atoms with Crippen LogP contribution in [0, 0.1) is 6.92 Å². The average Bonchev–Trinajstić information content (AvgIpc) is 3.12. The van der Waals surface area contributed by atoms with Crippen LogP contribution in [-0.2, 0) is 6.42 Å². The zero-order chi connectivity index (χ0) is 21.1. The molecular formula is C21H20N6O3. The van der Waals surface area contributed by atoms with Crippen LogP contribution in [0.15, 0.2) is 58.4 Å². The number of carbonyl (C=O) groups is 1. The molecule has 0 fully saturated rings. The van der Waals surface area contributed by atoms with E-state index < -0.39 is 11.2 Å². The van der Waals surface area contributed by atoms with Crippen molar-refractivity contribution in [3.8, 4) is 5.69 Å². The number of H-pyrrole nitrogens is 2. The first-order valence-corrected chi connectivity index (χ1v) is 9.52. The molecule has 9 heteroatoms. The molecule has 9 nitrogen and oxygen atoms in total. The second-order valence-electron chi connectivity index (χ2n) is 6.91. The SMILES string of the molecule is Cc1nn(-c2ccccc2)cc1CCCNC(=O)c1cnc2[nH]c(=O)[nH]c(=O)c2c1. The van der Waals surface area contributed by atoms with Crippen molar-refractivity contribution < 1.29 is 4.79 Å². The molecule has 0 unspecified atom stereocenters. The molecule has 0 aliphatic heterocycles. The number of carbonyl (C=O) groups excluding carboxylic acids is 1. The molecule has 3 aromatic heterocycles. The molecule has 0 spiro atoms. The zero-order valence-electron chi connectivity index (χ0n) is 16.3. The molecule has 0 aliphatic carbocycles. The van der Waals surface area contributed by atoms with E-state index in [-0.39, 0.29) is 22.5 Å². The van der Waals surface area contributed by atoms with Crippen LogP contribution < -0.4 is 16.6 Å². The van der Waals surface area contributed by atoms with Gasteiger partial charge in [-0.1, -0.05) is 18.2 Å². The number of hydrogen-bond donors (Lipinski definition) is 3. The van der Waals surface area contributed by atoms with Crippen molar-refractivity contribution in [3.63, 3.8) is 0 Å². The van der Waals surface area contributed by atoms with Crippen LogP contribution in [0.4, 0.5) is 0 Å². The Morgan fingerprint density at radius 2 is 1.97 bits per heavy atom. The summed E-state index contributed by atoms with van der Waals surface area (Å²) in [5.74, 6) is -0.327. The fourth-order valence-corrected chi connectivity index (χ4v) is 3.21. The van der Waals surface area contributed by atoms with Crippen molar-refractivity contribution in [3.05, 3.63) is 86.5 Å². The lowest BCUT2D eigenvalue weighted by Gasteiger charge is -2.05. The average molecular weight is 404 g/mol. The molecule has 152 valence electrons. The molecule has 0 atom stereocenters. The lowest BCUT2D eigenvalue weighted by atomic mass is 10.1. The zero-order valence-corrected chi connectivity index (χ0v) is 16.3. The van der Waals surface area contributed by atoms with Crippen molar-refractivity contribution >= 4 is 16.9 Å². The van der Waals surface area contributed by atoms with E-state index >= 15 is 0 Å². The molecule has 1 aromatic carbocycles. The number of para-hydroxylation sites is 1. The molecule has 3 heterocycles. The van der Waals surface area contributed by atoms with Crippen LogP contribution in [0.5, 0.6) is 0 Å². The molecule has 4 rings (SSSR count). The van der Waals surface area contributed by atoms with Crippen LogP contribution in [0.25, 0.3) is 16.7 Å². The summed E-state index contributed by atoms with van der Waals surface area (Å²) in [6.07, 6.45) is 4.85. The van der Waals surface area contributed by atoms with Gasteiger partial charge in [-0.25, -0.2) is 14.5 Å². The highest BCUT2D eigenvalue weighted by Crippen LogP contribution is 2.13. The van der Waals surface area contributed by atoms with Crippen LogP contribution in [0.3, 0.4) is 0 Å². The van der Waals surface area contributed by atoms with Crippen molar-refractivity contribution in [1.82, 2.24) is 30.0 Å². The highest BCUT2D eigenvalue weighted by atomic mass is 16.2. The van der Waals surface area contributed by atoms with E-state index in [2.05, 4.69) is 25.4 Å². The number of hydrogen-bond acceptors (Lipinski definition) is 5. The molecule has 0 saturated carbocycles. The van der Waals surface area contributed by atoms with Gasteiger partial charge in [-0.15, -0.1) is 0 Å². The summed E-state index contributed by atoms with van der Waals surface area (Å²) >= 11 is 0. The van der Waals surface area contributed by atoms with E-state index in [1.165, 1.54) is 12.3 Å². The number of aromatic amines is 2. The van der Waals surface area contributed by atoms with E-state index in [4.69, 9.17) is 0 Å². The topological polar surface area (TPSA) is 126 Å². The van der Waals surface area contributed by atoms with Gasteiger partial charge >= 0.3 is 5.69 Å². The van der Waals surface area contributed by atoms with Gasteiger partial charge in [0.2, 0.25) is 0 Å². The highest BCUT2D eigenvalue weighted by Gasteiger charge is 2.10. The second kappa shape index (κ2) is 8.16. The maximum Gasteiger partial charge on any atom is 0.327 e. The number of aryl methyl sites for hydroxylation is 2. The Bertz CT molecular complexity index is 1320. The number of aromatic nitrogens is 5. The van der Waals surface area contributed by atoms with E-state index in [0.717, 1.165) is 29.8 Å². The Morgan fingerprint density at radius 3 is 2.77 bits per heavy atom. The number of fused-ring (bicyclic) bond motifs is 1. The van der Waals surface area contributed by atoms with Gasteiger partial charge in [-0.3, -0.25) is 19.6 Å². The number of benzene rings is 1. The molecule has 30 heavy (non-hydrogen) atoms. The third-order valence-corrected chi connectivity index (χ3v) is 4.78. The van der Waals surface area contributed by atoms with Crippen LogP contribution in [0.2, 0.25) is 0 Å². The maximum absolute atomic E-state index is 12.4. The molecule has 0 radical (unpaired) electrons. The van der Waals surface area contributed by atoms with Gasteiger partial charge in [0.05, 0.1) is 22.3 Å². The summed E-state index contributed by atoms with van der Waals surface area (Å²) < 4.78 is 1.85. The summed E-state index contributed by atoms with van der Waals surface area (Å²) in [4.78, 5) is 44.1. The second-order valence-corrected chi connectivity index (χ2v) is 6.91.